The fourth-order valence-corrected chi connectivity index (χ4v) is 3.03. The molecular weight excluding hydrogens is 244 g/mol. The summed E-state index contributed by atoms with van der Waals surface area (Å²) in [6.07, 6.45) is 1.53. The number of hydrogen-bond donors (Lipinski definition) is 2. The van der Waals surface area contributed by atoms with Crippen LogP contribution in [0.2, 0.25) is 0 Å². The SMILES string of the molecule is O=C1NC(=O)[C@](c2ccccc2)(C2CCOCC2)N1. The maximum atomic E-state index is 12.4. The van der Waals surface area contributed by atoms with Crippen molar-refractivity contribution in [2.24, 2.45) is 5.92 Å². The Hall–Kier alpha value is -1.88. The number of imide groups is 1. The zero-order chi connectivity index (χ0) is 13.3. The smallest absolute Gasteiger partial charge is 0.322 e. The predicted octanol–water partition coefficient (Wildman–Crippen LogP) is 1.15. The molecule has 2 aliphatic rings. The summed E-state index contributed by atoms with van der Waals surface area (Å²) < 4.78 is 5.36. The lowest BCUT2D eigenvalue weighted by molar-refractivity contribution is -0.127. The molecule has 0 aliphatic carbocycles. The monoisotopic (exact) mass is 260 g/mol. The van der Waals surface area contributed by atoms with Gasteiger partial charge in [-0.05, 0) is 24.3 Å². The topological polar surface area (TPSA) is 67.4 Å². The number of amides is 3. The summed E-state index contributed by atoms with van der Waals surface area (Å²) in [4.78, 5) is 24.0. The van der Waals surface area contributed by atoms with E-state index in [0.717, 1.165) is 18.4 Å². The van der Waals surface area contributed by atoms with Crippen molar-refractivity contribution in [3.63, 3.8) is 0 Å². The molecule has 1 aromatic carbocycles. The second-order valence-corrected chi connectivity index (χ2v) is 4.97. The first-order valence-corrected chi connectivity index (χ1v) is 6.50. The van der Waals surface area contributed by atoms with Gasteiger partial charge in [0.25, 0.3) is 5.91 Å². The van der Waals surface area contributed by atoms with Gasteiger partial charge < -0.3 is 10.1 Å². The first-order chi connectivity index (χ1) is 9.23. The highest BCUT2D eigenvalue weighted by molar-refractivity contribution is 6.07. The van der Waals surface area contributed by atoms with E-state index in [9.17, 15) is 9.59 Å². The van der Waals surface area contributed by atoms with Crippen LogP contribution in [0.5, 0.6) is 0 Å². The summed E-state index contributed by atoms with van der Waals surface area (Å²) in [6, 6.07) is 9.03. The lowest BCUT2D eigenvalue weighted by Crippen LogP contribution is -2.51. The van der Waals surface area contributed by atoms with Gasteiger partial charge in [-0.15, -0.1) is 0 Å². The molecule has 2 aliphatic heterocycles. The number of carbonyl (C=O) groups is 2. The van der Waals surface area contributed by atoms with Gasteiger partial charge in [0.15, 0.2) is 0 Å². The van der Waals surface area contributed by atoms with Crippen LogP contribution in [-0.4, -0.2) is 25.2 Å². The van der Waals surface area contributed by atoms with Crippen LogP contribution in [0, 0.1) is 5.92 Å². The van der Waals surface area contributed by atoms with Crippen molar-refractivity contribution < 1.29 is 14.3 Å². The van der Waals surface area contributed by atoms with Gasteiger partial charge in [-0.1, -0.05) is 30.3 Å². The van der Waals surface area contributed by atoms with E-state index < -0.39 is 11.6 Å². The Morgan fingerprint density at radius 2 is 1.79 bits per heavy atom. The third-order valence-electron chi connectivity index (χ3n) is 3.96. The summed E-state index contributed by atoms with van der Waals surface area (Å²) in [5, 5.41) is 5.22. The molecule has 2 saturated heterocycles. The number of carbonyl (C=O) groups excluding carboxylic acids is 2. The third kappa shape index (κ3) is 1.90. The molecule has 2 N–H and O–H groups in total. The normalized spacial score (nSPS) is 28.0. The molecule has 3 amide bonds. The molecule has 19 heavy (non-hydrogen) atoms. The zero-order valence-corrected chi connectivity index (χ0v) is 10.5. The van der Waals surface area contributed by atoms with E-state index in [1.807, 2.05) is 30.3 Å². The van der Waals surface area contributed by atoms with Gasteiger partial charge >= 0.3 is 6.03 Å². The number of urea groups is 1. The van der Waals surface area contributed by atoms with E-state index >= 15 is 0 Å². The Bertz CT molecular complexity index is 497. The molecule has 2 fully saturated rings. The average molecular weight is 260 g/mol. The molecule has 2 heterocycles. The Morgan fingerprint density at radius 3 is 2.37 bits per heavy atom. The first-order valence-electron chi connectivity index (χ1n) is 6.50. The van der Waals surface area contributed by atoms with Gasteiger partial charge in [0, 0.05) is 13.2 Å². The van der Waals surface area contributed by atoms with Crippen LogP contribution in [0.25, 0.3) is 0 Å². The molecule has 0 radical (unpaired) electrons. The maximum absolute atomic E-state index is 12.4. The first kappa shape index (κ1) is 12.2. The Labute approximate surface area is 111 Å². The molecular formula is C14H16N2O3. The number of benzene rings is 1. The molecule has 0 aromatic heterocycles. The number of hydrogen-bond acceptors (Lipinski definition) is 3. The van der Waals surface area contributed by atoms with Crippen molar-refractivity contribution in [3.05, 3.63) is 35.9 Å². The lowest BCUT2D eigenvalue weighted by atomic mass is 9.74. The molecule has 1 atom stereocenters. The van der Waals surface area contributed by atoms with Crippen molar-refractivity contribution >= 4 is 11.9 Å². The van der Waals surface area contributed by atoms with Gasteiger partial charge in [0.2, 0.25) is 0 Å². The summed E-state index contributed by atoms with van der Waals surface area (Å²) in [6.45, 7) is 1.25. The minimum atomic E-state index is -0.942. The van der Waals surface area contributed by atoms with Gasteiger partial charge in [0.05, 0.1) is 0 Å². The molecule has 3 rings (SSSR count). The van der Waals surface area contributed by atoms with Crippen LogP contribution < -0.4 is 10.6 Å². The molecule has 5 heteroatoms. The van der Waals surface area contributed by atoms with Crippen molar-refractivity contribution in [2.45, 2.75) is 18.4 Å². The summed E-state index contributed by atoms with van der Waals surface area (Å²) in [5.41, 5.74) is -0.104. The van der Waals surface area contributed by atoms with E-state index in [1.54, 1.807) is 0 Å². The van der Waals surface area contributed by atoms with Gasteiger partial charge in [-0.25, -0.2) is 4.79 Å². The maximum Gasteiger partial charge on any atom is 0.322 e. The fourth-order valence-electron chi connectivity index (χ4n) is 3.03. The Balaban J connectivity index is 2.05. The second-order valence-electron chi connectivity index (χ2n) is 4.97. The molecule has 0 bridgehead atoms. The van der Waals surface area contributed by atoms with E-state index in [2.05, 4.69) is 10.6 Å². The van der Waals surface area contributed by atoms with E-state index in [0.29, 0.717) is 13.2 Å². The van der Waals surface area contributed by atoms with Crippen LogP contribution >= 0.6 is 0 Å². The minimum absolute atomic E-state index is 0.0649. The molecule has 5 nitrogen and oxygen atoms in total. The average Bonchev–Trinajstić information content (AvgIpc) is 2.76. The molecule has 0 spiro atoms. The van der Waals surface area contributed by atoms with Crippen molar-refractivity contribution in [2.75, 3.05) is 13.2 Å². The van der Waals surface area contributed by atoms with Gasteiger partial charge in [-0.2, -0.15) is 0 Å². The van der Waals surface area contributed by atoms with Crippen LogP contribution in [0.1, 0.15) is 18.4 Å². The quantitative estimate of drug-likeness (QED) is 0.784. The van der Waals surface area contributed by atoms with Crippen LogP contribution in [0.3, 0.4) is 0 Å². The number of rotatable bonds is 2. The van der Waals surface area contributed by atoms with E-state index in [4.69, 9.17) is 4.74 Å². The van der Waals surface area contributed by atoms with Gasteiger partial charge in [-0.3, -0.25) is 10.1 Å². The molecule has 0 saturated carbocycles. The summed E-state index contributed by atoms with van der Waals surface area (Å²) in [5.74, 6) is -0.189. The fraction of sp³-hybridized carbons (Fsp3) is 0.429. The Kier molecular flexibility index (Phi) is 2.98. The molecule has 100 valence electrons. The zero-order valence-electron chi connectivity index (χ0n) is 10.5. The molecule has 1 aromatic rings. The van der Waals surface area contributed by atoms with E-state index in [1.165, 1.54) is 0 Å². The number of nitrogens with one attached hydrogen (secondary N) is 2. The second kappa shape index (κ2) is 4.66. The standard InChI is InChI=1S/C14H16N2O3/c17-12-14(16-13(18)15-12,10-4-2-1-3-5-10)11-6-8-19-9-7-11/h1-5,11H,6-9H2,(H2,15,16,17,18)/t14-/m0/s1. The van der Waals surface area contributed by atoms with Crippen LogP contribution in [0.15, 0.2) is 30.3 Å². The summed E-state index contributed by atoms with van der Waals surface area (Å²) >= 11 is 0. The Morgan fingerprint density at radius 1 is 1.11 bits per heavy atom. The van der Waals surface area contributed by atoms with Crippen molar-refractivity contribution in [1.82, 2.24) is 10.6 Å². The van der Waals surface area contributed by atoms with Crippen LogP contribution in [-0.2, 0) is 15.1 Å². The molecule has 0 unspecified atom stereocenters. The predicted molar refractivity (Wildman–Crippen MR) is 68.3 cm³/mol. The van der Waals surface area contributed by atoms with Crippen molar-refractivity contribution in [3.8, 4) is 0 Å². The lowest BCUT2D eigenvalue weighted by Gasteiger charge is -2.37. The highest BCUT2D eigenvalue weighted by atomic mass is 16.5. The summed E-state index contributed by atoms with van der Waals surface area (Å²) in [7, 11) is 0. The third-order valence-corrected chi connectivity index (χ3v) is 3.96. The van der Waals surface area contributed by atoms with E-state index in [-0.39, 0.29) is 11.8 Å². The van der Waals surface area contributed by atoms with Crippen LogP contribution in [0.4, 0.5) is 4.79 Å². The van der Waals surface area contributed by atoms with Gasteiger partial charge in [0.1, 0.15) is 5.54 Å². The highest BCUT2D eigenvalue weighted by Gasteiger charge is 2.53. The van der Waals surface area contributed by atoms with Crippen molar-refractivity contribution in [1.29, 1.82) is 0 Å². The largest absolute Gasteiger partial charge is 0.381 e. The minimum Gasteiger partial charge on any atom is -0.381 e. The highest BCUT2D eigenvalue weighted by Crippen LogP contribution is 2.38. The number of ether oxygens (including phenoxy) is 1.